The minimum atomic E-state index is -2.67. The molecule has 0 saturated heterocycles. The maximum Gasteiger partial charge on any atom is 0.329 e. The predicted octanol–water partition coefficient (Wildman–Crippen LogP) is 5.84. The van der Waals surface area contributed by atoms with Crippen molar-refractivity contribution in [2.24, 2.45) is 11.3 Å². The van der Waals surface area contributed by atoms with Gasteiger partial charge in [0.25, 0.3) is 0 Å². The van der Waals surface area contributed by atoms with Gasteiger partial charge >= 0.3 is 11.9 Å². The quantitative estimate of drug-likeness (QED) is 0.386. The fourth-order valence-corrected chi connectivity index (χ4v) is 6.65. The Hall–Kier alpha value is 0.680. The van der Waals surface area contributed by atoms with Gasteiger partial charge in [0.2, 0.25) is 0 Å². The lowest BCUT2D eigenvalue weighted by Crippen LogP contribution is -2.69. The zero-order valence-electron chi connectivity index (χ0n) is 13.8. The highest BCUT2D eigenvalue weighted by Gasteiger charge is 2.79. The number of carboxylic acid groups (broad SMARTS) is 2. The van der Waals surface area contributed by atoms with E-state index in [-0.39, 0.29) is 12.8 Å². The first-order valence-corrected chi connectivity index (χ1v) is 10.8. The first-order valence-electron chi connectivity index (χ1n) is 8.42. The highest BCUT2D eigenvalue weighted by molar-refractivity contribution is 6.68. The third-order valence-corrected chi connectivity index (χ3v) is 10.3. The number of hydrogen-bond donors (Lipinski definition) is 2. The summed E-state index contributed by atoms with van der Waals surface area (Å²) in [7, 11) is 0. The molecule has 0 radical (unpaired) electrons. The van der Waals surface area contributed by atoms with Crippen molar-refractivity contribution in [1.82, 2.24) is 0 Å². The molecule has 150 valence electrons. The molecule has 4 nitrogen and oxygen atoms in total. The van der Waals surface area contributed by atoms with Crippen LogP contribution in [0.1, 0.15) is 51.4 Å². The van der Waals surface area contributed by atoms with Crippen LogP contribution in [0.15, 0.2) is 0 Å². The van der Waals surface area contributed by atoms with Crippen molar-refractivity contribution in [2.75, 3.05) is 0 Å². The molecule has 0 aliphatic heterocycles. The van der Waals surface area contributed by atoms with E-state index in [9.17, 15) is 19.8 Å². The highest BCUT2D eigenvalue weighted by Crippen LogP contribution is 2.67. The Morgan fingerprint density at radius 2 is 1.31 bits per heavy atom. The third kappa shape index (κ3) is 3.11. The van der Waals surface area contributed by atoms with Crippen LogP contribution in [0.25, 0.3) is 0 Å². The molecule has 0 heterocycles. The van der Waals surface area contributed by atoms with E-state index < -0.39 is 42.2 Å². The van der Waals surface area contributed by atoms with Gasteiger partial charge in [-0.15, -0.1) is 23.2 Å². The van der Waals surface area contributed by atoms with E-state index in [0.29, 0.717) is 12.8 Å². The van der Waals surface area contributed by atoms with Gasteiger partial charge in [-0.3, -0.25) is 9.59 Å². The largest absolute Gasteiger partial charge is 0.481 e. The molecule has 0 aromatic carbocycles. The van der Waals surface area contributed by atoms with E-state index in [4.69, 9.17) is 69.6 Å². The molecular weight excluding hydrogens is 469 g/mol. The number of hydrogen-bond acceptors (Lipinski definition) is 2. The van der Waals surface area contributed by atoms with Crippen molar-refractivity contribution >= 4 is 81.5 Å². The fourth-order valence-electron chi connectivity index (χ4n) is 4.43. The fraction of sp³-hybridized carbons (Fsp3) is 0.875. The van der Waals surface area contributed by atoms with Crippen molar-refractivity contribution in [2.45, 2.75) is 70.3 Å². The van der Waals surface area contributed by atoms with Crippen LogP contribution < -0.4 is 0 Å². The first-order chi connectivity index (χ1) is 11.9. The molecule has 26 heavy (non-hydrogen) atoms. The SMILES string of the molecule is O=C(O)C1(C2CCCCCC2)CCC(Cl)C(Cl)(Cl)C(Cl)(Cl)C1(Cl)C(=O)O. The molecule has 3 atom stereocenters. The molecule has 2 aliphatic rings. The van der Waals surface area contributed by atoms with E-state index in [2.05, 4.69) is 0 Å². The molecule has 2 aliphatic carbocycles. The molecule has 0 aromatic heterocycles. The molecule has 0 bridgehead atoms. The average molecular weight is 489 g/mol. The number of aliphatic carboxylic acids is 2. The summed E-state index contributed by atoms with van der Waals surface area (Å²) in [5, 5.41) is 19.2. The zero-order chi connectivity index (χ0) is 20.0. The van der Waals surface area contributed by atoms with E-state index in [1.807, 2.05) is 0 Å². The molecule has 2 rings (SSSR count). The van der Waals surface area contributed by atoms with Crippen LogP contribution in [-0.4, -0.2) is 41.1 Å². The van der Waals surface area contributed by atoms with Crippen LogP contribution in [0.5, 0.6) is 0 Å². The van der Waals surface area contributed by atoms with Gasteiger partial charge in [0.1, 0.15) is 5.41 Å². The predicted molar refractivity (Wildman–Crippen MR) is 105 cm³/mol. The lowest BCUT2D eigenvalue weighted by Gasteiger charge is -2.51. The average Bonchev–Trinajstić information content (AvgIpc) is 2.84. The molecule has 2 N–H and O–H groups in total. The molecule has 0 amide bonds. The van der Waals surface area contributed by atoms with Gasteiger partial charge in [-0.05, 0) is 31.6 Å². The van der Waals surface area contributed by atoms with Crippen molar-refractivity contribution in [3.8, 4) is 0 Å². The van der Waals surface area contributed by atoms with Gasteiger partial charge in [0, 0.05) is 0 Å². The second-order valence-corrected chi connectivity index (χ2v) is 10.9. The molecule has 0 spiro atoms. The van der Waals surface area contributed by atoms with Crippen LogP contribution in [0.2, 0.25) is 0 Å². The van der Waals surface area contributed by atoms with Crippen molar-refractivity contribution in [3.63, 3.8) is 0 Å². The van der Waals surface area contributed by atoms with E-state index in [1.165, 1.54) is 0 Å². The second kappa shape index (κ2) is 7.84. The summed E-state index contributed by atoms with van der Waals surface area (Å²) in [5.41, 5.74) is -1.97. The van der Waals surface area contributed by atoms with Crippen LogP contribution >= 0.6 is 69.6 Å². The monoisotopic (exact) mass is 486 g/mol. The Morgan fingerprint density at radius 3 is 1.73 bits per heavy atom. The van der Waals surface area contributed by atoms with Gasteiger partial charge in [0.15, 0.2) is 13.5 Å². The van der Waals surface area contributed by atoms with Crippen LogP contribution in [-0.2, 0) is 9.59 Å². The number of halogens is 6. The lowest BCUT2D eigenvalue weighted by atomic mass is 9.60. The van der Waals surface area contributed by atoms with Gasteiger partial charge in [-0.1, -0.05) is 72.1 Å². The van der Waals surface area contributed by atoms with Crippen LogP contribution in [0, 0.1) is 11.3 Å². The van der Waals surface area contributed by atoms with Gasteiger partial charge in [-0.25, -0.2) is 0 Å². The first kappa shape index (κ1) is 23.0. The Morgan fingerprint density at radius 1 is 0.808 bits per heavy atom. The minimum absolute atomic E-state index is 0.0142. The standard InChI is InChI=1S/C16H20Cl6O4/c17-10-7-8-13(11(23)24,9-5-3-1-2-4-6-9)14(18,12(25)26)16(21,22)15(10,19)20/h9-10H,1-8H2,(H,23,24)(H,25,26). The number of carboxylic acids is 2. The Bertz CT molecular complexity index is 575. The summed E-state index contributed by atoms with van der Waals surface area (Å²) < 4.78 is -4.72. The van der Waals surface area contributed by atoms with Gasteiger partial charge < -0.3 is 10.2 Å². The van der Waals surface area contributed by atoms with E-state index >= 15 is 0 Å². The lowest BCUT2D eigenvalue weighted by molar-refractivity contribution is -0.166. The topological polar surface area (TPSA) is 74.6 Å². The van der Waals surface area contributed by atoms with Crippen molar-refractivity contribution < 1.29 is 19.8 Å². The van der Waals surface area contributed by atoms with Gasteiger partial charge in [-0.2, -0.15) is 0 Å². The van der Waals surface area contributed by atoms with Crippen LogP contribution in [0.4, 0.5) is 0 Å². The summed E-state index contributed by atoms with van der Waals surface area (Å²) in [4.78, 5) is 22.3. The third-order valence-electron chi connectivity index (χ3n) is 5.88. The number of alkyl halides is 6. The maximum absolute atomic E-state index is 12.6. The molecule has 10 heteroatoms. The summed E-state index contributed by atoms with van der Waals surface area (Å²) in [5.74, 6) is -3.59. The summed E-state index contributed by atoms with van der Waals surface area (Å²) in [6, 6.07) is 0. The zero-order valence-corrected chi connectivity index (χ0v) is 18.3. The Kier molecular flexibility index (Phi) is 6.92. The summed E-state index contributed by atoms with van der Waals surface area (Å²) >= 11 is 38.2. The van der Waals surface area contributed by atoms with E-state index in [1.54, 1.807) is 0 Å². The Balaban J connectivity index is 2.79. The van der Waals surface area contributed by atoms with Crippen molar-refractivity contribution in [1.29, 1.82) is 0 Å². The molecule has 2 fully saturated rings. The number of rotatable bonds is 3. The maximum atomic E-state index is 12.6. The molecule has 0 aromatic rings. The molecular formula is C16H20Cl6O4. The Labute approximate surface area is 182 Å². The highest BCUT2D eigenvalue weighted by atomic mass is 35.5. The second-order valence-electron chi connectivity index (χ2n) is 7.13. The summed E-state index contributed by atoms with van der Waals surface area (Å²) in [6.45, 7) is 0. The minimum Gasteiger partial charge on any atom is -0.481 e. The summed E-state index contributed by atoms with van der Waals surface area (Å²) in [6.07, 6.45) is 4.29. The molecule has 2 saturated carbocycles. The van der Waals surface area contributed by atoms with Gasteiger partial charge in [0.05, 0.1) is 5.38 Å². The normalized spacial score (nSPS) is 38.2. The van der Waals surface area contributed by atoms with Crippen LogP contribution in [0.3, 0.4) is 0 Å². The molecule has 3 unspecified atom stereocenters. The van der Waals surface area contributed by atoms with E-state index in [0.717, 1.165) is 25.7 Å². The number of carbonyl (C=O) groups is 2. The van der Waals surface area contributed by atoms with Crippen molar-refractivity contribution in [3.05, 3.63) is 0 Å². The smallest absolute Gasteiger partial charge is 0.329 e.